The molecule has 0 aliphatic carbocycles. The van der Waals surface area contributed by atoms with Crippen LogP contribution in [0.2, 0.25) is 0 Å². The van der Waals surface area contributed by atoms with Crippen LogP contribution in [0.5, 0.6) is 0 Å². The van der Waals surface area contributed by atoms with E-state index in [0.29, 0.717) is 13.1 Å². The van der Waals surface area contributed by atoms with E-state index < -0.39 is 0 Å². The fourth-order valence-corrected chi connectivity index (χ4v) is 2.11. The molecule has 0 atom stereocenters. The average Bonchev–Trinajstić information content (AvgIpc) is 2.02. The molecule has 1 N–H and O–H groups in total. The minimum atomic E-state index is 0.0591. The number of nitrogens with zero attached hydrogens (tertiary/aromatic N) is 1. The number of hydrogen-bond acceptors (Lipinski definition) is 2. The van der Waals surface area contributed by atoms with Gasteiger partial charge in [-0.25, -0.2) is 0 Å². The first-order chi connectivity index (χ1) is 6.09. The normalized spacial score (nSPS) is 21.2. The van der Waals surface area contributed by atoms with Crippen molar-refractivity contribution in [1.82, 2.24) is 5.06 Å². The minimum absolute atomic E-state index is 0.0591. The fraction of sp³-hybridized carbons (Fsp3) is 0.455. The van der Waals surface area contributed by atoms with Crippen LogP contribution in [0, 0.1) is 0 Å². The lowest BCUT2D eigenvalue weighted by Crippen LogP contribution is -2.40. The van der Waals surface area contributed by atoms with Crippen molar-refractivity contribution >= 4 is 0 Å². The molecule has 0 aromatic heterocycles. The van der Waals surface area contributed by atoms with E-state index in [9.17, 15) is 5.21 Å². The van der Waals surface area contributed by atoms with E-state index in [0.717, 1.165) is 0 Å². The SMILES string of the molecule is CC1(C)CN(O)Cc2ccccc21. The Morgan fingerprint density at radius 2 is 2.00 bits per heavy atom. The third-order valence-electron chi connectivity index (χ3n) is 2.68. The van der Waals surface area contributed by atoms with Gasteiger partial charge in [-0.3, -0.25) is 0 Å². The van der Waals surface area contributed by atoms with Gasteiger partial charge in [-0.15, -0.1) is 0 Å². The topological polar surface area (TPSA) is 23.5 Å². The van der Waals surface area contributed by atoms with Gasteiger partial charge < -0.3 is 5.21 Å². The average molecular weight is 177 g/mol. The standard InChI is InChI=1S/C11H15NO/c1-11(2)8-12(13)7-9-5-3-4-6-10(9)11/h3-6,13H,7-8H2,1-2H3. The van der Waals surface area contributed by atoms with Crippen LogP contribution in [0.4, 0.5) is 0 Å². The van der Waals surface area contributed by atoms with E-state index in [1.165, 1.54) is 16.2 Å². The van der Waals surface area contributed by atoms with Crippen LogP contribution < -0.4 is 0 Å². The molecule has 0 unspecified atom stereocenters. The third-order valence-corrected chi connectivity index (χ3v) is 2.68. The first-order valence-corrected chi connectivity index (χ1v) is 4.62. The minimum Gasteiger partial charge on any atom is -0.314 e. The summed E-state index contributed by atoms with van der Waals surface area (Å²) in [5.74, 6) is 0. The lowest BCUT2D eigenvalue weighted by Gasteiger charge is -2.36. The Kier molecular flexibility index (Phi) is 1.90. The summed E-state index contributed by atoms with van der Waals surface area (Å²) in [7, 11) is 0. The van der Waals surface area contributed by atoms with Crippen molar-refractivity contribution < 1.29 is 5.21 Å². The number of rotatable bonds is 0. The van der Waals surface area contributed by atoms with E-state index in [2.05, 4.69) is 32.0 Å². The molecule has 1 aromatic rings. The summed E-state index contributed by atoms with van der Waals surface area (Å²) in [5.41, 5.74) is 2.66. The van der Waals surface area contributed by atoms with Crippen LogP contribution in [-0.4, -0.2) is 16.8 Å². The van der Waals surface area contributed by atoms with Crippen molar-refractivity contribution in [2.45, 2.75) is 25.8 Å². The van der Waals surface area contributed by atoms with Crippen molar-refractivity contribution in [3.63, 3.8) is 0 Å². The summed E-state index contributed by atoms with van der Waals surface area (Å²) < 4.78 is 0. The molecular formula is C11H15NO. The van der Waals surface area contributed by atoms with Crippen LogP contribution in [0.25, 0.3) is 0 Å². The summed E-state index contributed by atoms with van der Waals surface area (Å²) in [6.45, 7) is 5.69. The lowest BCUT2D eigenvalue weighted by molar-refractivity contribution is -0.118. The molecule has 0 fully saturated rings. The lowest BCUT2D eigenvalue weighted by atomic mass is 9.79. The highest BCUT2D eigenvalue weighted by molar-refractivity contribution is 5.35. The molecule has 0 amide bonds. The van der Waals surface area contributed by atoms with Gasteiger partial charge in [0.1, 0.15) is 0 Å². The van der Waals surface area contributed by atoms with Crippen molar-refractivity contribution in [3.05, 3.63) is 35.4 Å². The summed E-state index contributed by atoms with van der Waals surface area (Å²) in [6.07, 6.45) is 0. The molecule has 0 saturated carbocycles. The Labute approximate surface area is 78.8 Å². The molecule has 1 aromatic carbocycles. The van der Waals surface area contributed by atoms with Crippen molar-refractivity contribution in [3.8, 4) is 0 Å². The monoisotopic (exact) mass is 177 g/mol. The summed E-state index contributed by atoms with van der Waals surface area (Å²) in [5, 5.41) is 10.9. The smallest absolute Gasteiger partial charge is 0.0491 e. The molecule has 2 nitrogen and oxygen atoms in total. The Morgan fingerprint density at radius 1 is 1.31 bits per heavy atom. The van der Waals surface area contributed by atoms with Gasteiger partial charge >= 0.3 is 0 Å². The summed E-state index contributed by atoms with van der Waals surface area (Å²) >= 11 is 0. The number of hydroxylamine groups is 2. The molecule has 1 heterocycles. The molecule has 0 saturated heterocycles. The summed E-state index contributed by atoms with van der Waals surface area (Å²) in [6, 6.07) is 8.32. The van der Waals surface area contributed by atoms with Crippen LogP contribution in [-0.2, 0) is 12.0 Å². The van der Waals surface area contributed by atoms with Gasteiger partial charge in [0.2, 0.25) is 0 Å². The first kappa shape index (κ1) is 8.73. The van der Waals surface area contributed by atoms with Gasteiger partial charge in [-0.1, -0.05) is 38.1 Å². The molecule has 0 bridgehead atoms. The van der Waals surface area contributed by atoms with Gasteiger partial charge in [-0.2, -0.15) is 5.06 Å². The first-order valence-electron chi connectivity index (χ1n) is 4.62. The third kappa shape index (κ3) is 1.47. The fourth-order valence-electron chi connectivity index (χ4n) is 2.11. The predicted molar refractivity (Wildman–Crippen MR) is 51.7 cm³/mol. The molecule has 1 aliphatic heterocycles. The van der Waals surface area contributed by atoms with Crippen LogP contribution in [0.1, 0.15) is 25.0 Å². The highest BCUT2D eigenvalue weighted by atomic mass is 16.5. The van der Waals surface area contributed by atoms with Gasteiger partial charge in [0, 0.05) is 18.5 Å². The summed E-state index contributed by atoms with van der Waals surface area (Å²) in [4.78, 5) is 0. The number of benzene rings is 1. The number of fused-ring (bicyclic) bond motifs is 1. The van der Waals surface area contributed by atoms with E-state index in [1.54, 1.807) is 0 Å². The second-order valence-corrected chi connectivity index (χ2v) is 4.36. The van der Waals surface area contributed by atoms with Crippen molar-refractivity contribution in [1.29, 1.82) is 0 Å². The van der Waals surface area contributed by atoms with Crippen LogP contribution in [0.3, 0.4) is 0 Å². The largest absolute Gasteiger partial charge is 0.314 e. The van der Waals surface area contributed by atoms with Gasteiger partial charge in [-0.05, 0) is 11.1 Å². The zero-order chi connectivity index (χ0) is 9.47. The Bertz CT molecular complexity index is 320. The highest BCUT2D eigenvalue weighted by Crippen LogP contribution is 2.31. The molecule has 0 radical (unpaired) electrons. The Hall–Kier alpha value is -0.860. The zero-order valence-corrected chi connectivity index (χ0v) is 8.12. The maximum atomic E-state index is 9.52. The molecular weight excluding hydrogens is 162 g/mol. The van der Waals surface area contributed by atoms with E-state index in [4.69, 9.17) is 0 Å². The van der Waals surface area contributed by atoms with E-state index in [1.807, 2.05) is 6.07 Å². The van der Waals surface area contributed by atoms with Crippen molar-refractivity contribution in [2.24, 2.45) is 0 Å². The molecule has 1 aliphatic rings. The molecule has 0 spiro atoms. The molecule has 2 rings (SSSR count). The Balaban J connectivity index is 2.50. The van der Waals surface area contributed by atoms with Crippen LogP contribution >= 0.6 is 0 Å². The molecule has 13 heavy (non-hydrogen) atoms. The highest BCUT2D eigenvalue weighted by Gasteiger charge is 2.30. The molecule has 2 heteroatoms. The predicted octanol–water partition coefficient (Wildman–Crippen LogP) is 2.17. The number of hydrogen-bond donors (Lipinski definition) is 1. The Morgan fingerprint density at radius 3 is 2.77 bits per heavy atom. The van der Waals surface area contributed by atoms with E-state index >= 15 is 0 Å². The second kappa shape index (κ2) is 2.82. The quantitative estimate of drug-likeness (QED) is 0.656. The molecule has 70 valence electrons. The van der Waals surface area contributed by atoms with Gasteiger partial charge in [0.25, 0.3) is 0 Å². The zero-order valence-electron chi connectivity index (χ0n) is 8.12. The van der Waals surface area contributed by atoms with Crippen LogP contribution in [0.15, 0.2) is 24.3 Å². The van der Waals surface area contributed by atoms with Crippen molar-refractivity contribution in [2.75, 3.05) is 6.54 Å². The second-order valence-electron chi connectivity index (χ2n) is 4.36. The van der Waals surface area contributed by atoms with E-state index in [-0.39, 0.29) is 5.41 Å². The maximum absolute atomic E-state index is 9.52. The maximum Gasteiger partial charge on any atom is 0.0491 e. The van der Waals surface area contributed by atoms with Gasteiger partial charge in [0.15, 0.2) is 0 Å². The van der Waals surface area contributed by atoms with Gasteiger partial charge in [0.05, 0.1) is 0 Å².